The van der Waals surface area contributed by atoms with E-state index in [4.69, 9.17) is 14.2 Å². The van der Waals surface area contributed by atoms with E-state index in [-0.39, 0.29) is 31.1 Å². The summed E-state index contributed by atoms with van der Waals surface area (Å²) in [6, 6.07) is 0. The predicted octanol–water partition coefficient (Wildman–Crippen LogP) is 21.7. The van der Waals surface area contributed by atoms with Crippen molar-refractivity contribution in [3.05, 3.63) is 158 Å². The fraction of sp³-hybridized carbons (Fsp3) is 0.597. The smallest absolute Gasteiger partial charge is 0.306 e. The highest BCUT2D eigenvalue weighted by Crippen LogP contribution is 2.14. The Bertz CT molecular complexity index is 1760. The van der Waals surface area contributed by atoms with E-state index in [1.165, 1.54) is 44.9 Å². The maximum Gasteiger partial charge on any atom is 0.306 e. The van der Waals surface area contributed by atoms with Gasteiger partial charge < -0.3 is 14.2 Å². The van der Waals surface area contributed by atoms with Gasteiger partial charge in [0.2, 0.25) is 0 Å². The summed E-state index contributed by atoms with van der Waals surface area (Å²) in [6.07, 6.45) is 94.0. The number of unbranched alkanes of at least 4 members (excludes halogenated alkanes) is 18. The molecule has 1 unspecified atom stereocenters. The molecule has 0 aromatic heterocycles. The second-order valence-electron chi connectivity index (χ2n) is 20.2. The van der Waals surface area contributed by atoms with Crippen LogP contribution in [0, 0.1) is 0 Å². The molecule has 0 aromatic carbocycles. The summed E-state index contributed by atoms with van der Waals surface area (Å²) in [5.74, 6) is -0.938. The van der Waals surface area contributed by atoms with Crippen LogP contribution in [0.25, 0.3) is 0 Å². The highest BCUT2D eigenvalue weighted by atomic mass is 16.6. The van der Waals surface area contributed by atoms with Crippen molar-refractivity contribution in [1.82, 2.24) is 0 Å². The first-order valence-electron chi connectivity index (χ1n) is 31.5. The molecule has 6 heteroatoms. The molecule has 0 aromatic rings. The number of allylic oxidation sites excluding steroid dienone is 26. The molecule has 6 nitrogen and oxygen atoms in total. The average molecular weight is 1080 g/mol. The van der Waals surface area contributed by atoms with E-state index in [1.54, 1.807) is 0 Å². The van der Waals surface area contributed by atoms with Crippen LogP contribution in [0.3, 0.4) is 0 Å². The largest absolute Gasteiger partial charge is 0.462 e. The second kappa shape index (κ2) is 64.6. The molecule has 0 fully saturated rings. The zero-order valence-electron chi connectivity index (χ0n) is 50.1. The summed E-state index contributed by atoms with van der Waals surface area (Å²) in [5.41, 5.74) is 0. The third kappa shape index (κ3) is 61.9. The lowest BCUT2D eigenvalue weighted by molar-refractivity contribution is -0.167. The zero-order chi connectivity index (χ0) is 56.4. The molecule has 78 heavy (non-hydrogen) atoms. The van der Waals surface area contributed by atoms with Crippen LogP contribution >= 0.6 is 0 Å². The van der Waals surface area contributed by atoms with Crippen molar-refractivity contribution in [1.29, 1.82) is 0 Å². The van der Waals surface area contributed by atoms with Crippen molar-refractivity contribution < 1.29 is 28.6 Å². The van der Waals surface area contributed by atoms with Gasteiger partial charge in [0.05, 0.1) is 0 Å². The van der Waals surface area contributed by atoms with Gasteiger partial charge >= 0.3 is 17.9 Å². The number of carbonyl (C=O) groups is 3. The van der Waals surface area contributed by atoms with Gasteiger partial charge in [0.25, 0.3) is 0 Å². The van der Waals surface area contributed by atoms with Gasteiger partial charge in [-0.05, 0) is 128 Å². The predicted molar refractivity (Wildman–Crippen MR) is 338 cm³/mol. The molecule has 0 spiro atoms. The molecule has 0 N–H and O–H groups in total. The van der Waals surface area contributed by atoms with Crippen molar-refractivity contribution in [3.8, 4) is 0 Å². The minimum atomic E-state index is -0.799. The van der Waals surface area contributed by atoms with E-state index in [2.05, 4.69) is 179 Å². The van der Waals surface area contributed by atoms with Crippen molar-refractivity contribution in [2.45, 2.75) is 264 Å². The molecule has 0 amide bonds. The average Bonchev–Trinajstić information content (AvgIpc) is 3.44. The monoisotopic (exact) mass is 1070 g/mol. The first-order valence-corrected chi connectivity index (χ1v) is 31.5. The SMILES string of the molecule is CC/C=C\C/C=C\C/C=C\C/C=C\C/C=C\C/C=C\C/C=C\C/C=C\C/C=C\CCCCCCCC(=O)OCC(COC(=O)CCCCCCCCCC)OC(=O)CCCCCCCC/C=C\C/C=C\C/C=C\C/C=C\CC. The van der Waals surface area contributed by atoms with Crippen LogP contribution in [0.1, 0.15) is 258 Å². The molecule has 0 radical (unpaired) electrons. The topological polar surface area (TPSA) is 78.9 Å². The molecule has 1 atom stereocenters. The van der Waals surface area contributed by atoms with Crippen LogP contribution in [0.5, 0.6) is 0 Å². The van der Waals surface area contributed by atoms with Crippen molar-refractivity contribution in [2.24, 2.45) is 0 Å². The van der Waals surface area contributed by atoms with Gasteiger partial charge in [-0.1, -0.05) is 269 Å². The molecule has 0 saturated heterocycles. The Morgan fingerprint density at radius 3 is 0.782 bits per heavy atom. The van der Waals surface area contributed by atoms with Crippen molar-refractivity contribution >= 4 is 17.9 Å². The maximum absolute atomic E-state index is 12.9. The Morgan fingerprint density at radius 1 is 0.269 bits per heavy atom. The van der Waals surface area contributed by atoms with Gasteiger partial charge in [-0.3, -0.25) is 14.4 Å². The lowest BCUT2D eigenvalue weighted by Crippen LogP contribution is -2.30. The first-order chi connectivity index (χ1) is 38.5. The fourth-order valence-electron chi connectivity index (χ4n) is 8.13. The summed E-state index contributed by atoms with van der Waals surface area (Å²) in [5, 5.41) is 0. The molecule has 0 saturated carbocycles. The van der Waals surface area contributed by atoms with Gasteiger partial charge in [0.1, 0.15) is 13.2 Å². The summed E-state index contributed by atoms with van der Waals surface area (Å²) in [6.45, 7) is 6.35. The van der Waals surface area contributed by atoms with Gasteiger partial charge in [-0.2, -0.15) is 0 Å². The maximum atomic E-state index is 12.9. The highest BCUT2D eigenvalue weighted by Gasteiger charge is 2.19. The number of rotatable bonds is 55. The minimum Gasteiger partial charge on any atom is -0.462 e. The summed E-state index contributed by atoms with van der Waals surface area (Å²) < 4.78 is 16.8. The Hall–Kier alpha value is -4.97. The lowest BCUT2D eigenvalue weighted by atomic mass is 10.1. The first kappa shape index (κ1) is 73.0. The Labute approximate surface area is 480 Å². The zero-order valence-corrected chi connectivity index (χ0v) is 50.1. The van der Waals surface area contributed by atoms with Crippen LogP contribution < -0.4 is 0 Å². The molecular weight excluding hydrogens is 961 g/mol. The van der Waals surface area contributed by atoms with Crippen LogP contribution in [0.4, 0.5) is 0 Å². The molecule has 0 aliphatic carbocycles. The number of ether oxygens (including phenoxy) is 3. The van der Waals surface area contributed by atoms with E-state index < -0.39 is 6.10 Å². The fourth-order valence-corrected chi connectivity index (χ4v) is 8.13. The number of carbonyl (C=O) groups excluding carboxylic acids is 3. The van der Waals surface area contributed by atoms with Gasteiger partial charge in [0.15, 0.2) is 6.10 Å². The van der Waals surface area contributed by atoms with Crippen molar-refractivity contribution in [3.63, 3.8) is 0 Å². The van der Waals surface area contributed by atoms with E-state index in [9.17, 15) is 14.4 Å². The van der Waals surface area contributed by atoms with Crippen LogP contribution in [0.15, 0.2) is 158 Å². The van der Waals surface area contributed by atoms with E-state index in [1.807, 2.05) is 0 Å². The quantitative estimate of drug-likeness (QED) is 0.0261. The summed E-state index contributed by atoms with van der Waals surface area (Å²) in [4.78, 5) is 38.1. The molecule has 0 aliphatic heterocycles. The summed E-state index contributed by atoms with van der Waals surface area (Å²) in [7, 11) is 0. The lowest BCUT2D eigenvalue weighted by Gasteiger charge is -2.18. The molecule has 0 heterocycles. The Morgan fingerprint density at radius 2 is 0.500 bits per heavy atom. The number of hydrogen-bond donors (Lipinski definition) is 0. The van der Waals surface area contributed by atoms with Crippen LogP contribution in [-0.4, -0.2) is 37.2 Å². The van der Waals surface area contributed by atoms with Crippen LogP contribution in [0.2, 0.25) is 0 Å². The number of esters is 3. The van der Waals surface area contributed by atoms with E-state index in [0.717, 1.165) is 173 Å². The third-order valence-corrected chi connectivity index (χ3v) is 12.8. The highest BCUT2D eigenvalue weighted by molar-refractivity contribution is 5.71. The van der Waals surface area contributed by atoms with E-state index in [0.29, 0.717) is 19.3 Å². The third-order valence-electron chi connectivity index (χ3n) is 12.8. The van der Waals surface area contributed by atoms with Gasteiger partial charge in [-0.25, -0.2) is 0 Å². The Balaban J connectivity index is 4.27. The Kier molecular flexibility index (Phi) is 60.4. The molecular formula is C72H114O6. The van der Waals surface area contributed by atoms with E-state index >= 15 is 0 Å². The molecule has 0 aliphatic rings. The normalized spacial score (nSPS) is 13.2. The molecule has 0 bridgehead atoms. The summed E-state index contributed by atoms with van der Waals surface area (Å²) >= 11 is 0. The van der Waals surface area contributed by atoms with Gasteiger partial charge in [0, 0.05) is 19.3 Å². The molecule has 438 valence electrons. The van der Waals surface area contributed by atoms with Crippen molar-refractivity contribution in [2.75, 3.05) is 13.2 Å². The number of hydrogen-bond acceptors (Lipinski definition) is 6. The minimum absolute atomic E-state index is 0.0947. The van der Waals surface area contributed by atoms with Gasteiger partial charge in [-0.15, -0.1) is 0 Å². The van der Waals surface area contributed by atoms with Crippen LogP contribution in [-0.2, 0) is 28.6 Å². The second-order valence-corrected chi connectivity index (χ2v) is 20.2. The standard InChI is InChI=1S/C72H114O6/c1-4-7-10-13-16-19-21-23-25-27-29-30-31-32-33-34-35-36-37-38-39-40-41-42-44-45-47-49-51-53-56-59-62-65-71(74)77-68-69(67-76-70(73)64-61-58-55-18-15-12-9-6-3)78-72(75)66-63-60-57-54-52-50-48-46-43-28-26-24-22-20-17-14-11-8-5-2/h7-8,10-11,16-17,19-20,23-26,29-30,32-33,35-36,38-39,41-43,45-47,69H,4-6,9,12-15,18,21-22,27-28,31,34,37,40,44,48-68H2,1-3H3/b10-7-,11-8-,19-16-,20-17-,25-23-,26-24-,30-29-,33-32-,36-35-,39-38-,42-41-,46-43-,47-45-. The molecule has 0 rings (SSSR count).